The van der Waals surface area contributed by atoms with Gasteiger partial charge in [0.15, 0.2) is 0 Å². The number of nitrogens with two attached hydrogens (primary N) is 1. The molecule has 1 aliphatic rings. The lowest BCUT2D eigenvalue weighted by Gasteiger charge is -2.21. The van der Waals surface area contributed by atoms with Crippen molar-refractivity contribution in [3.05, 3.63) is 34.9 Å². The quantitative estimate of drug-likeness (QED) is 0.928. The third-order valence-electron chi connectivity index (χ3n) is 3.88. The van der Waals surface area contributed by atoms with E-state index in [2.05, 4.69) is 6.92 Å². The lowest BCUT2D eigenvalue weighted by atomic mass is 10.1. The van der Waals surface area contributed by atoms with Crippen LogP contribution < -0.4 is 5.73 Å². The Balaban J connectivity index is 0.00000200. The summed E-state index contributed by atoms with van der Waals surface area (Å²) in [5.74, 6) is 0.669. The number of halogens is 2. The van der Waals surface area contributed by atoms with Crippen molar-refractivity contribution in [3.8, 4) is 0 Å². The van der Waals surface area contributed by atoms with E-state index >= 15 is 0 Å². The van der Waals surface area contributed by atoms with Crippen LogP contribution in [-0.4, -0.2) is 29.9 Å². The van der Waals surface area contributed by atoms with E-state index in [9.17, 15) is 4.79 Å². The Morgan fingerprint density at radius 3 is 2.75 bits per heavy atom. The van der Waals surface area contributed by atoms with Gasteiger partial charge in [0.25, 0.3) is 0 Å². The van der Waals surface area contributed by atoms with Gasteiger partial charge in [0, 0.05) is 24.0 Å². The van der Waals surface area contributed by atoms with Gasteiger partial charge in [-0.25, -0.2) is 0 Å². The lowest BCUT2D eigenvalue weighted by Crippen LogP contribution is -2.34. The van der Waals surface area contributed by atoms with Crippen molar-refractivity contribution in [2.45, 2.75) is 32.2 Å². The Bertz CT molecular complexity index is 453. The molecular weight excluding hydrogens is 295 g/mol. The maximum Gasteiger partial charge on any atom is 0.223 e. The predicted molar refractivity (Wildman–Crippen MR) is 85.4 cm³/mol. The van der Waals surface area contributed by atoms with Crippen molar-refractivity contribution < 1.29 is 4.79 Å². The number of hydrogen-bond acceptors (Lipinski definition) is 2. The van der Waals surface area contributed by atoms with Crippen LogP contribution in [0.25, 0.3) is 0 Å². The van der Waals surface area contributed by atoms with Gasteiger partial charge < -0.3 is 10.6 Å². The molecule has 1 fully saturated rings. The maximum absolute atomic E-state index is 12.2. The molecule has 2 rings (SSSR count). The van der Waals surface area contributed by atoms with E-state index in [4.69, 9.17) is 17.3 Å². The Kier molecular flexibility index (Phi) is 6.80. The molecule has 0 saturated carbocycles. The van der Waals surface area contributed by atoms with Crippen molar-refractivity contribution in [2.24, 2.45) is 11.7 Å². The molecule has 112 valence electrons. The topological polar surface area (TPSA) is 46.3 Å². The Morgan fingerprint density at radius 1 is 1.45 bits per heavy atom. The molecule has 1 aliphatic heterocycles. The third-order valence-corrected chi connectivity index (χ3v) is 4.25. The van der Waals surface area contributed by atoms with Crippen molar-refractivity contribution in [1.82, 2.24) is 4.90 Å². The summed E-state index contributed by atoms with van der Waals surface area (Å²) in [6, 6.07) is 8.01. The van der Waals surface area contributed by atoms with Gasteiger partial charge in [0.05, 0.1) is 0 Å². The van der Waals surface area contributed by atoms with Crippen LogP contribution >= 0.6 is 24.0 Å². The fraction of sp³-hybridized carbons (Fsp3) is 0.533. The van der Waals surface area contributed by atoms with Crippen LogP contribution in [0.5, 0.6) is 0 Å². The second-order valence-electron chi connectivity index (χ2n) is 5.32. The summed E-state index contributed by atoms with van der Waals surface area (Å²) in [7, 11) is 0. The molecular formula is C15H22Cl2N2O. The lowest BCUT2D eigenvalue weighted by molar-refractivity contribution is -0.131. The van der Waals surface area contributed by atoms with E-state index in [1.165, 1.54) is 0 Å². The van der Waals surface area contributed by atoms with E-state index in [1.807, 2.05) is 29.2 Å². The standard InChI is InChI=1S/C15H21ClN2O.ClH/c1-11-8-12(9-17)10-18(11)15(19)7-6-13-4-2-3-5-14(13)16;/h2-5,11-12H,6-10,17H2,1H3;1H. The molecule has 1 aromatic rings. The van der Waals surface area contributed by atoms with Crippen LogP contribution in [0.15, 0.2) is 24.3 Å². The molecule has 1 amide bonds. The molecule has 0 radical (unpaired) electrons. The summed E-state index contributed by atoms with van der Waals surface area (Å²) in [5.41, 5.74) is 6.73. The zero-order valence-corrected chi connectivity index (χ0v) is 13.3. The first-order valence-corrected chi connectivity index (χ1v) is 7.22. The van der Waals surface area contributed by atoms with Crippen molar-refractivity contribution in [3.63, 3.8) is 0 Å². The highest BCUT2D eigenvalue weighted by atomic mass is 35.5. The molecule has 3 nitrogen and oxygen atoms in total. The normalized spacial score (nSPS) is 21.6. The van der Waals surface area contributed by atoms with Gasteiger partial charge in [-0.1, -0.05) is 29.8 Å². The first kappa shape index (κ1) is 17.3. The third kappa shape index (κ3) is 4.11. The first-order valence-electron chi connectivity index (χ1n) is 6.84. The summed E-state index contributed by atoms with van der Waals surface area (Å²) in [6.45, 7) is 3.57. The molecule has 0 aromatic heterocycles. The van der Waals surface area contributed by atoms with Gasteiger partial charge in [0.2, 0.25) is 5.91 Å². The van der Waals surface area contributed by atoms with Crippen molar-refractivity contribution in [2.75, 3.05) is 13.1 Å². The number of likely N-dealkylation sites (tertiary alicyclic amines) is 1. The van der Waals surface area contributed by atoms with E-state index in [0.717, 1.165) is 23.6 Å². The minimum absolute atomic E-state index is 0. The van der Waals surface area contributed by atoms with Crippen LogP contribution in [-0.2, 0) is 11.2 Å². The molecule has 0 aliphatic carbocycles. The molecule has 1 saturated heterocycles. The number of hydrogen-bond donors (Lipinski definition) is 1. The van der Waals surface area contributed by atoms with Gasteiger partial charge in [-0.2, -0.15) is 0 Å². The molecule has 20 heavy (non-hydrogen) atoms. The number of aryl methyl sites for hydroxylation is 1. The van der Waals surface area contributed by atoms with Crippen LogP contribution in [0, 0.1) is 5.92 Å². The van der Waals surface area contributed by atoms with E-state index in [0.29, 0.717) is 31.3 Å². The summed E-state index contributed by atoms with van der Waals surface area (Å²) in [4.78, 5) is 14.2. The summed E-state index contributed by atoms with van der Waals surface area (Å²) < 4.78 is 0. The SMILES string of the molecule is CC1CC(CN)CN1C(=O)CCc1ccccc1Cl.Cl. The smallest absolute Gasteiger partial charge is 0.223 e. The Labute approximate surface area is 131 Å². The number of nitrogens with zero attached hydrogens (tertiary/aromatic N) is 1. The van der Waals surface area contributed by atoms with Gasteiger partial charge in [-0.15, -0.1) is 12.4 Å². The average molecular weight is 317 g/mol. The molecule has 5 heteroatoms. The number of rotatable bonds is 4. The summed E-state index contributed by atoms with van der Waals surface area (Å²) >= 11 is 6.10. The van der Waals surface area contributed by atoms with Gasteiger partial charge in [-0.3, -0.25) is 4.79 Å². The highest BCUT2D eigenvalue weighted by molar-refractivity contribution is 6.31. The molecule has 1 heterocycles. The van der Waals surface area contributed by atoms with Gasteiger partial charge in [0.1, 0.15) is 0 Å². The molecule has 2 atom stereocenters. The van der Waals surface area contributed by atoms with E-state index in [-0.39, 0.29) is 18.3 Å². The monoisotopic (exact) mass is 316 g/mol. The van der Waals surface area contributed by atoms with Crippen LogP contribution in [0.1, 0.15) is 25.3 Å². The van der Waals surface area contributed by atoms with E-state index < -0.39 is 0 Å². The molecule has 1 aromatic carbocycles. The summed E-state index contributed by atoms with van der Waals surface area (Å²) in [6.07, 6.45) is 2.24. The zero-order valence-electron chi connectivity index (χ0n) is 11.7. The van der Waals surface area contributed by atoms with Crippen LogP contribution in [0.3, 0.4) is 0 Å². The van der Waals surface area contributed by atoms with Gasteiger partial charge in [-0.05, 0) is 43.9 Å². The van der Waals surface area contributed by atoms with Crippen molar-refractivity contribution in [1.29, 1.82) is 0 Å². The molecule has 0 spiro atoms. The van der Waals surface area contributed by atoms with Gasteiger partial charge >= 0.3 is 0 Å². The predicted octanol–water partition coefficient (Wildman–Crippen LogP) is 2.89. The fourth-order valence-corrected chi connectivity index (χ4v) is 2.98. The van der Waals surface area contributed by atoms with Crippen LogP contribution in [0.4, 0.5) is 0 Å². The molecule has 2 unspecified atom stereocenters. The maximum atomic E-state index is 12.2. The second kappa shape index (κ2) is 7.87. The summed E-state index contributed by atoms with van der Waals surface area (Å²) in [5, 5.41) is 0.740. The number of carbonyl (C=O) groups is 1. The first-order chi connectivity index (χ1) is 9.11. The average Bonchev–Trinajstić information content (AvgIpc) is 2.79. The highest BCUT2D eigenvalue weighted by Crippen LogP contribution is 2.24. The zero-order chi connectivity index (χ0) is 13.8. The Morgan fingerprint density at radius 2 is 2.15 bits per heavy atom. The minimum atomic E-state index is 0. The number of amides is 1. The molecule has 2 N–H and O–H groups in total. The van der Waals surface area contributed by atoms with E-state index in [1.54, 1.807) is 0 Å². The van der Waals surface area contributed by atoms with Crippen LogP contribution in [0.2, 0.25) is 5.02 Å². The number of benzene rings is 1. The number of carbonyl (C=O) groups excluding carboxylic acids is 1. The largest absolute Gasteiger partial charge is 0.340 e. The second-order valence-corrected chi connectivity index (χ2v) is 5.73. The highest BCUT2D eigenvalue weighted by Gasteiger charge is 2.31. The Hall–Kier alpha value is -0.770. The minimum Gasteiger partial charge on any atom is -0.340 e. The fourth-order valence-electron chi connectivity index (χ4n) is 2.75. The van der Waals surface area contributed by atoms with Crippen molar-refractivity contribution >= 4 is 29.9 Å². The molecule has 0 bridgehead atoms.